The summed E-state index contributed by atoms with van der Waals surface area (Å²) in [4.78, 5) is 14.8. The molecule has 4 rings (SSSR count). The lowest BCUT2D eigenvalue weighted by molar-refractivity contribution is -0.126. The number of rotatable bonds is 6. The summed E-state index contributed by atoms with van der Waals surface area (Å²) < 4.78 is 41.5. The summed E-state index contributed by atoms with van der Waals surface area (Å²) in [7, 11) is -3.61. The number of halogens is 1. The second-order valence-corrected chi connectivity index (χ2v) is 9.87. The van der Waals surface area contributed by atoms with Gasteiger partial charge >= 0.3 is 0 Å². The molecule has 1 atom stereocenters. The third-order valence-corrected chi connectivity index (χ3v) is 7.86. The predicted octanol–water partition coefficient (Wildman–Crippen LogP) is 2.99. The van der Waals surface area contributed by atoms with Crippen molar-refractivity contribution < 1.29 is 17.6 Å². The van der Waals surface area contributed by atoms with E-state index >= 15 is 0 Å². The summed E-state index contributed by atoms with van der Waals surface area (Å²) >= 11 is 0. The van der Waals surface area contributed by atoms with Crippen molar-refractivity contribution in [2.75, 3.05) is 26.2 Å². The van der Waals surface area contributed by atoms with E-state index in [1.807, 2.05) is 35.2 Å². The first-order chi connectivity index (χ1) is 15.4. The van der Waals surface area contributed by atoms with Crippen LogP contribution in [0.3, 0.4) is 0 Å². The second-order valence-electron chi connectivity index (χ2n) is 7.93. The van der Waals surface area contributed by atoms with Crippen LogP contribution in [0.1, 0.15) is 12.5 Å². The fourth-order valence-electron chi connectivity index (χ4n) is 3.95. The highest BCUT2D eigenvalue weighted by Gasteiger charge is 2.31. The minimum Gasteiger partial charge on any atom is -0.351 e. The summed E-state index contributed by atoms with van der Waals surface area (Å²) in [5.74, 6) is -0.563. The second kappa shape index (κ2) is 9.36. The molecule has 32 heavy (non-hydrogen) atoms. The van der Waals surface area contributed by atoms with Crippen molar-refractivity contribution in [2.24, 2.45) is 0 Å². The first kappa shape index (κ1) is 22.4. The first-order valence-corrected chi connectivity index (χ1v) is 12.0. The van der Waals surface area contributed by atoms with Gasteiger partial charge in [-0.1, -0.05) is 48.5 Å². The van der Waals surface area contributed by atoms with Gasteiger partial charge in [0.1, 0.15) is 5.82 Å². The van der Waals surface area contributed by atoms with Crippen LogP contribution >= 0.6 is 0 Å². The van der Waals surface area contributed by atoms with Gasteiger partial charge in [0.15, 0.2) is 0 Å². The Labute approximate surface area is 187 Å². The summed E-state index contributed by atoms with van der Waals surface area (Å²) in [6, 6.07) is 18.7. The smallest absolute Gasteiger partial charge is 0.243 e. The Hall–Kier alpha value is -2.81. The van der Waals surface area contributed by atoms with Crippen LogP contribution in [0.4, 0.5) is 4.39 Å². The molecule has 1 aliphatic heterocycles. The third-order valence-electron chi connectivity index (χ3n) is 5.97. The molecule has 1 amide bonds. The molecule has 0 spiro atoms. The molecule has 3 aromatic rings. The van der Waals surface area contributed by atoms with Crippen LogP contribution in [0, 0.1) is 5.82 Å². The molecular formula is C24H26FN3O3S. The van der Waals surface area contributed by atoms with E-state index < -0.39 is 16.1 Å². The molecule has 1 saturated heterocycles. The summed E-state index contributed by atoms with van der Waals surface area (Å²) in [5, 5.41) is 4.64. The normalized spacial score (nSPS) is 16.7. The highest BCUT2D eigenvalue weighted by Crippen LogP contribution is 2.23. The number of nitrogens with one attached hydrogen (secondary N) is 1. The molecule has 1 unspecified atom stereocenters. The molecule has 1 aliphatic rings. The number of amides is 1. The molecule has 1 N–H and O–H groups in total. The predicted molar refractivity (Wildman–Crippen MR) is 122 cm³/mol. The van der Waals surface area contributed by atoms with Gasteiger partial charge in [-0.25, -0.2) is 12.8 Å². The fourth-order valence-corrected chi connectivity index (χ4v) is 5.40. The van der Waals surface area contributed by atoms with Crippen LogP contribution in [-0.4, -0.2) is 55.8 Å². The van der Waals surface area contributed by atoms with Gasteiger partial charge in [0.25, 0.3) is 0 Å². The zero-order chi connectivity index (χ0) is 22.7. The van der Waals surface area contributed by atoms with E-state index in [1.165, 1.54) is 10.4 Å². The molecular weight excluding hydrogens is 429 g/mol. The molecule has 6 nitrogen and oxygen atoms in total. The minimum atomic E-state index is -3.61. The third kappa shape index (κ3) is 4.67. The van der Waals surface area contributed by atoms with E-state index in [9.17, 15) is 17.6 Å². The van der Waals surface area contributed by atoms with Crippen LogP contribution < -0.4 is 5.32 Å². The Bertz CT molecular complexity index is 1220. The first-order valence-electron chi connectivity index (χ1n) is 10.6. The SMILES string of the molecule is CC(C(=O)NCc1ccccc1F)N1CCN(S(=O)(=O)c2ccc3ccccc3c2)CC1. The lowest BCUT2D eigenvalue weighted by atomic mass is 10.1. The Morgan fingerprint density at radius 2 is 1.62 bits per heavy atom. The molecule has 0 aromatic heterocycles. The van der Waals surface area contributed by atoms with Crippen molar-refractivity contribution in [3.63, 3.8) is 0 Å². The molecule has 0 aliphatic carbocycles. The number of piperazine rings is 1. The van der Waals surface area contributed by atoms with Gasteiger partial charge in [-0.15, -0.1) is 0 Å². The lowest BCUT2D eigenvalue weighted by Crippen LogP contribution is -2.54. The standard InChI is InChI=1S/C24H26FN3O3S/c1-18(24(29)26-17-21-8-4-5-9-23(21)25)27-12-14-28(15-13-27)32(30,31)22-11-10-19-6-2-3-7-20(19)16-22/h2-11,16,18H,12-15,17H2,1H3,(H,26,29). The van der Waals surface area contributed by atoms with Crippen LogP contribution in [0.5, 0.6) is 0 Å². The minimum absolute atomic E-state index is 0.117. The van der Waals surface area contributed by atoms with Gasteiger partial charge in [-0.3, -0.25) is 9.69 Å². The Balaban J connectivity index is 1.36. The lowest BCUT2D eigenvalue weighted by Gasteiger charge is -2.36. The maximum Gasteiger partial charge on any atom is 0.243 e. The van der Waals surface area contributed by atoms with Crippen LogP contribution in [0.25, 0.3) is 10.8 Å². The zero-order valence-corrected chi connectivity index (χ0v) is 18.7. The average Bonchev–Trinajstić information content (AvgIpc) is 2.82. The number of carbonyl (C=O) groups is 1. The van der Waals surface area contributed by atoms with E-state index in [0.29, 0.717) is 31.7 Å². The van der Waals surface area contributed by atoms with Crippen LogP contribution in [-0.2, 0) is 21.4 Å². The Morgan fingerprint density at radius 3 is 2.34 bits per heavy atom. The molecule has 0 bridgehead atoms. The maximum atomic E-state index is 13.8. The van der Waals surface area contributed by atoms with E-state index in [4.69, 9.17) is 0 Å². The molecule has 0 saturated carbocycles. The molecule has 1 heterocycles. The molecule has 8 heteroatoms. The zero-order valence-electron chi connectivity index (χ0n) is 17.9. The monoisotopic (exact) mass is 455 g/mol. The molecule has 1 fully saturated rings. The average molecular weight is 456 g/mol. The quantitative estimate of drug-likeness (QED) is 0.621. The number of hydrogen-bond donors (Lipinski definition) is 1. The highest BCUT2D eigenvalue weighted by atomic mass is 32.2. The highest BCUT2D eigenvalue weighted by molar-refractivity contribution is 7.89. The van der Waals surface area contributed by atoms with Gasteiger partial charge in [0, 0.05) is 38.3 Å². The van der Waals surface area contributed by atoms with Crippen molar-refractivity contribution in [3.05, 3.63) is 78.1 Å². The van der Waals surface area contributed by atoms with Crippen molar-refractivity contribution in [1.82, 2.24) is 14.5 Å². The topological polar surface area (TPSA) is 69.7 Å². The number of sulfonamides is 1. The van der Waals surface area contributed by atoms with E-state index in [2.05, 4.69) is 5.32 Å². The van der Waals surface area contributed by atoms with Gasteiger partial charge in [-0.05, 0) is 35.9 Å². The van der Waals surface area contributed by atoms with E-state index in [0.717, 1.165) is 10.8 Å². The van der Waals surface area contributed by atoms with E-state index in [-0.39, 0.29) is 23.2 Å². The summed E-state index contributed by atoms with van der Waals surface area (Å²) in [6.45, 7) is 3.40. The summed E-state index contributed by atoms with van der Waals surface area (Å²) in [6.07, 6.45) is 0. The van der Waals surface area contributed by atoms with Gasteiger partial charge in [-0.2, -0.15) is 4.31 Å². The van der Waals surface area contributed by atoms with Gasteiger partial charge in [0.05, 0.1) is 10.9 Å². The summed E-state index contributed by atoms with van der Waals surface area (Å²) in [5.41, 5.74) is 0.430. The molecule has 168 valence electrons. The number of carbonyl (C=O) groups excluding carboxylic acids is 1. The number of hydrogen-bond acceptors (Lipinski definition) is 4. The number of nitrogens with zero attached hydrogens (tertiary/aromatic N) is 2. The van der Waals surface area contributed by atoms with Crippen molar-refractivity contribution in [3.8, 4) is 0 Å². The molecule has 3 aromatic carbocycles. The Kier molecular flexibility index (Phi) is 6.55. The number of benzene rings is 3. The van der Waals surface area contributed by atoms with Gasteiger partial charge in [0.2, 0.25) is 15.9 Å². The van der Waals surface area contributed by atoms with Crippen molar-refractivity contribution >= 4 is 26.7 Å². The van der Waals surface area contributed by atoms with Crippen molar-refractivity contribution in [2.45, 2.75) is 24.4 Å². The molecule has 0 radical (unpaired) electrons. The number of fused-ring (bicyclic) bond motifs is 1. The maximum absolute atomic E-state index is 13.8. The van der Waals surface area contributed by atoms with Crippen molar-refractivity contribution in [1.29, 1.82) is 0 Å². The van der Waals surface area contributed by atoms with Crippen LogP contribution in [0.2, 0.25) is 0 Å². The van der Waals surface area contributed by atoms with Crippen LogP contribution in [0.15, 0.2) is 71.6 Å². The Morgan fingerprint density at radius 1 is 0.969 bits per heavy atom. The fraction of sp³-hybridized carbons (Fsp3) is 0.292. The largest absolute Gasteiger partial charge is 0.351 e. The van der Waals surface area contributed by atoms with E-state index in [1.54, 1.807) is 37.3 Å². The van der Waals surface area contributed by atoms with Gasteiger partial charge < -0.3 is 5.32 Å².